The van der Waals surface area contributed by atoms with E-state index in [1.54, 1.807) is 25.5 Å². The summed E-state index contributed by atoms with van der Waals surface area (Å²) in [6, 6.07) is 10.2. The van der Waals surface area contributed by atoms with E-state index < -0.39 is 0 Å². The van der Waals surface area contributed by atoms with E-state index in [1.807, 2.05) is 18.2 Å². The minimum atomic E-state index is 0.654. The van der Waals surface area contributed by atoms with Gasteiger partial charge >= 0.3 is 0 Å². The lowest BCUT2D eigenvalue weighted by atomic mass is 10.2. The van der Waals surface area contributed by atoms with Gasteiger partial charge in [0.15, 0.2) is 5.96 Å². The van der Waals surface area contributed by atoms with Gasteiger partial charge in [0.05, 0.1) is 7.11 Å². The summed E-state index contributed by atoms with van der Waals surface area (Å²) in [5, 5.41) is 8.73. The van der Waals surface area contributed by atoms with E-state index in [0.717, 1.165) is 34.7 Å². The van der Waals surface area contributed by atoms with Crippen LogP contribution in [0.3, 0.4) is 0 Å². The van der Waals surface area contributed by atoms with Crippen LogP contribution in [-0.4, -0.2) is 26.7 Å². The van der Waals surface area contributed by atoms with Crippen molar-refractivity contribution in [2.45, 2.75) is 13.0 Å². The molecule has 0 radical (unpaired) electrons. The van der Waals surface area contributed by atoms with Gasteiger partial charge in [0.25, 0.3) is 0 Å². The van der Waals surface area contributed by atoms with Gasteiger partial charge in [-0.25, -0.2) is 0 Å². The summed E-state index contributed by atoms with van der Waals surface area (Å²) in [4.78, 5) is 5.62. The van der Waals surface area contributed by atoms with Crippen molar-refractivity contribution in [3.63, 3.8) is 0 Å². The molecule has 0 fully saturated rings. The first-order valence-corrected chi connectivity index (χ1v) is 8.69. The van der Waals surface area contributed by atoms with Crippen molar-refractivity contribution in [1.82, 2.24) is 10.6 Å². The van der Waals surface area contributed by atoms with Crippen LogP contribution in [0.5, 0.6) is 5.75 Å². The fraction of sp³-hybridized carbons (Fsp3) is 0.312. The number of nitrogens with one attached hydrogen (secondary N) is 2. The van der Waals surface area contributed by atoms with Crippen LogP contribution >= 0.6 is 27.3 Å². The third-order valence-corrected chi connectivity index (χ3v) is 4.59. The Morgan fingerprint density at radius 3 is 2.86 bits per heavy atom. The maximum atomic E-state index is 5.38. The van der Waals surface area contributed by atoms with Crippen LogP contribution in [0.15, 0.2) is 45.2 Å². The van der Waals surface area contributed by atoms with E-state index in [0.29, 0.717) is 6.54 Å². The molecule has 2 N–H and O–H groups in total. The SMILES string of the molecule is CN=C(NCCc1cccs1)NCc1cc(Br)ccc1OC. The molecular weight excluding hydrogens is 362 g/mol. The number of methoxy groups -OCH3 is 1. The Morgan fingerprint density at radius 1 is 1.32 bits per heavy atom. The number of ether oxygens (including phenoxy) is 1. The van der Waals surface area contributed by atoms with Crippen LogP contribution in [0, 0.1) is 0 Å². The van der Waals surface area contributed by atoms with Crippen molar-refractivity contribution < 1.29 is 4.74 Å². The topological polar surface area (TPSA) is 45.7 Å². The molecule has 22 heavy (non-hydrogen) atoms. The monoisotopic (exact) mass is 381 g/mol. The first-order chi connectivity index (χ1) is 10.7. The number of hydrogen-bond acceptors (Lipinski definition) is 3. The predicted octanol–water partition coefficient (Wildman–Crippen LogP) is 3.43. The molecule has 0 saturated carbocycles. The molecule has 6 heteroatoms. The van der Waals surface area contributed by atoms with E-state index in [-0.39, 0.29) is 0 Å². The Balaban J connectivity index is 1.84. The van der Waals surface area contributed by atoms with E-state index in [4.69, 9.17) is 4.74 Å². The highest BCUT2D eigenvalue weighted by atomic mass is 79.9. The molecule has 2 aromatic rings. The predicted molar refractivity (Wildman–Crippen MR) is 96.9 cm³/mol. The highest BCUT2D eigenvalue weighted by molar-refractivity contribution is 9.10. The minimum absolute atomic E-state index is 0.654. The Labute approximate surface area is 143 Å². The molecule has 0 atom stereocenters. The molecular formula is C16H20BrN3OS. The van der Waals surface area contributed by atoms with Crippen molar-refractivity contribution in [3.05, 3.63) is 50.6 Å². The summed E-state index contributed by atoms with van der Waals surface area (Å²) < 4.78 is 6.41. The first-order valence-electron chi connectivity index (χ1n) is 7.02. The molecule has 0 amide bonds. The maximum Gasteiger partial charge on any atom is 0.191 e. The third-order valence-electron chi connectivity index (χ3n) is 3.16. The second-order valence-electron chi connectivity index (χ2n) is 4.64. The summed E-state index contributed by atoms with van der Waals surface area (Å²) in [5.41, 5.74) is 1.08. The zero-order valence-corrected chi connectivity index (χ0v) is 15.1. The van der Waals surface area contributed by atoms with Crippen LogP contribution in [0.1, 0.15) is 10.4 Å². The number of guanidine groups is 1. The van der Waals surface area contributed by atoms with Crippen molar-refractivity contribution in [2.75, 3.05) is 20.7 Å². The number of benzene rings is 1. The van der Waals surface area contributed by atoms with Crippen molar-refractivity contribution in [3.8, 4) is 5.75 Å². The maximum absolute atomic E-state index is 5.38. The molecule has 0 aliphatic heterocycles. The van der Waals surface area contributed by atoms with Gasteiger partial charge in [0, 0.05) is 35.1 Å². The normalized spacial score (nSPS) is 11.3. The molecule has 1 aromatic carbocycles. The number of aliphatic imine (C=N–C) groups is 1. The molecule has 0 saturated heterocycles. The zero-order chi connectivity index (χ0) is 15.8. The highest BCUT2D eigenvalue weighted by Gasteiger charge is 2.05. The standard InChI is InChI=1S/C16H20BrN3OS/c1-18-16(19-8-7-14-4-3-9-22-14)20-11-12-10-13(17)5-6-15(12)21-2/h3-6,9-10H,7-8,11H2,1-2H3,(H2,18,19,20). The van der Waals surface area contributed by atoms with Crippen LogP contribution in [0.25, 0.3) is 0 Å². The lowest BCUT2D eigenvalue weighted by Gasteiger charge is -2.14. The smallest absolute Gasteiger partial charge is 0.191 e. The average Bonchev–Trinajstić information content (AvgIpc) is 3.04. The number of nitrogens with zero attached hydrogens (tertiary/aromatic N) is 1. The lowest BCUT2D eigenvalue weighted by Crippen LogP contribution is -2.37. The molecule has 0 spiro atoms. The molecule has 1 aromatic heterocycles. The second kappa shape index (κ2) is 8.80. The summed E-state index contributed by atoms with van der Waals surface area (Å²) in [5.74, 6) is 1.66. The van der Waals surface area contributed by atoms with Crippen LogP contribution < -0.4 is 15.4 Å². The summed E-state index contributed by atoms with van der Waals surface area (Å²) in [6.07, 6.45) is 0.999. The number of rotatable bonds is 6. The first kappa shape index (κ1) is 16.8. The fourth-order valence-corrected chi connectivity index (χ4v) is 3.16. The molecule has 4 nitrogen and oxygen atoms in total. The quantitative estimate of drug-likeness (QED) is 0.595. The zero-order valence-electron chi connectivity index (χ0n) is 12.7. The number of hydrogen-bond donors (Lipinski definition) is 2. The lowest BCUT2D eigenvalue weighted by molar-refractivity contribution is 0.409. The van der Waals surface area contributed by atoms with Crippen LogP contribution in [0.4, 0.5) is 0 Å². The van der Waals surface area contributed by atoms with E-state index in [1.165, 1.54) is 4.88 Å². The minimum Gasteiger partial charge on any atom is -0.496 e. The van der Waals surface area contributed by atoms with Gasteiger partial charge < -0.3 is 15.4 Å². The third kappa shape index (κ3) is 5.03. The Bertz CT molecular complexity index is 614. The summed E-state index contributed by atoms with van der Waals surface area (Å²) in [7, 11) is 3.46. The molecule has 0 unspecified atom stereocenters. The van der Waals surface area contributed by atoms with Crippen LogP contribution in [0.2, 0.25) is 0 Å². The average molecular weight is 382 g/mol. The van der Waals surface area contributed by atoms with Crippen molar-refractivity contribution in [1.29, 1.82) is 0 Å². The van der Waals surface area contributed by atoms with Crippen molar-refractivity contribution >= 4 is 33.2 Å². The van der Waals surface area contributed by atoms with Gasteiger partial charge in [-0.05, 0) is 36.1 Å². The summed E-state index contributed by atoms with van der Waals surface area (Å²) in [6.45, 7) is 1.51. The Hall–Kier alpha value is -1.53. The fourth-order valence-electron chi connectivity index (χ4n) is 2.04. The number of halogens is 1. The largest absolute Gasteiger partial charge is 0.496 e. The molecule has 0 aliphatic carbocycles. The van der Waals surface area contributed by atoms with E-state index in [9.17, 15) is 0 Å². The molecule has 1 heterocycles. The highest BCUT2D eigenvalue weighted by Crippen LogP contribution is 2.22. The molecule has 0 bridgehead atoms. The van der Waals surface area contributed by atoms with Gasteiger partial charge in [-0.3, -0.25) is 4.99 Å². The molecule has 0 aliphatic rings. The molecule has 2 rings (SSSR count). The van der Waals surface area contributed by atoms with Crippen LogP contribution in [-0.2, 0) is 13.0 Å². The van der Waals surface area contributed by atoms with E-state index in [2.05, 4.69) is 49.1 Å². The van der Waals surface area contributed by atoms with Gasteiger partial charge in [-0.1, -0.05) is 22.0 Å². The van der Waals surface area contributed by atoms with Crippen molar-refractivity contribution in [2.24, 2.45) is 4.99 Å². The Kier molecular flexibility index (Phi) is 6.74. The molecule has 118 valence electrons. The van der Waals surface area contributed by atoms with Gasteiger partial charge in [-0.2, -0.15) is 0 Å². The van der Waals surface area contributed by atoms with Gasteiger partial charge in [-0.15, -0.1) is 11.3 Å². The number of thiophene rings is 1. The summed E-state index contributed by atoms with van der Waals surface area (Å²) >= 11 is 5.26. The van der Waals surface area contributed by atoms with Gasteiger partial charge in [0.2, 0.25) is 0 Å². The van der Waals surface area contributed by atoms with E-state index >= 15 is 0 Å². The Morgan fingerprint density at radius 2 is 2.18 bits per heavy atom. The second-order valence-corrected chi connectivity index (χ2v) is 6.59. The van der Waals surface area contributed by atoms with Gasteiger partial charge in [0.1, 0.15) is 5.75 Å².